The summed E-state index contributed by atoms with van der Waals surface area (Å²) < 4.78 is 36.6. The largest absolute Gasteiger partial charge is 0.497 e. The van der Waals surface area contributed by atoms with E-state index in [1.807, 2.05) is 6.07 Å². The van der Waals surface area contributed by atoms with Gasteiger partial charge in [-0.2, -0.15) is 0 Å². The van der Waals surface area contributed by atoms with Crippen molar-refractivity contribution in [2.75, 3.05) is 20.6 Å². The van der Waals surface area contributed by atoms with Crippen LogP contribution in [0.1, 0.15) is 48.7 Å². The first kappa shape index (κ1) is 9.09. The lowest BCUT2D eigenvalue weighted by Crippen LogP contribution is -2.59. The predicted octanol–water partition coefficient (Wildman–Crippen LogP) is 3.38. The molecule has 1 aromatic carbocycles. The van der Waals surface area contributed by atoms with Crippen LogP contribution in [0.4, 0.5) is 0 Å². The van der Waals surface area contributed by atoms with E-state index in [0.29, 0.717) is 12.5 Å². The van der Waals surface area contributed by atoms with Gasteiger partial charge >= 0.3 is 0 Å². The number of hydrogen-bond acceptors (Lipinski definition) is 2. The number of ether oxygens (including phenoxy) is 1. The van der Waals surface area contributed by atoms with Crippen LogP contribution in [0.15, 0.2) is 18.2 Å². The quantitative estimate of drug-likeness (QED) is 0.779. The van der Waals surface area contributed by atoms with Crippen LogP contribution < -0.4 is 4.74 Å². The highest BCUT2D eigenvalue weighted by atomic mass is 16.5. The van der Waals surface area contributed by atoms with Gasteiger partial charge in [0.05, 0.1) is 8.46 Å². The van der Waals surface area contributed by atoms with Gasteiger partial charge in [0, 0.05) is 15.6 Å². The maximum absolute atomic E-state index is 7.95. The average Bonchev–Trinajstić information content (AvgIpc) is 2.54. The molecule has 2 heteroatoms. The fourth-order valence-electron chi connectivity index (χ4n) is 5.07. The third kappa shape index (κ3) is 1.60. The number of likely N-dealkylation sites (N-methyl/N-ethyl adjacent to an activating group) is 1. The van der Waals surface area contributed by atoms with Gasteiger partial charge in [0.2, 0.25) is 0 Å². The van der Waals surface area contributed by atoms with E-state index in [4.69, 9.17) is 10.2 Å². The molecule has 1 saturated heterocycles. The minimum Gasteiger partial charge on any atom is -0.497 e. The normalized spacial score (nSPS) is 39.6. The summed E-state index contributed by atoms with van der Waals surface area (Å²) in [7, 11) is -0.0648. The summed E-state index contributed by atoms with van der Waals surface area (Å²) in [6, 6.07) is 6.30. The van der Waals surface area contributed by atoms with Crippen LogP contribution in [0.5, 0.6) is 5.75 Å². The van der Waals surface area contributed by atoms with Gasteiger partial charge in [0.15, 0.2) is 0 Å². The standard InChI is InChI=1S/C18H25NO/c1-19-10-9-18-8-4-3-5-15(18)17(19)11-13-6-7-14(20-2)12-16(13)18/h6-7,12,15,17H,3-5,8-11H2,1-2H3/t15?,17-,18-/m0/s1/i1D3,2D. The van der Waals surface area contributed by atoms with E-state index in [9.17, 15) is 0 Å². The molecule has 0 spiro atoms. The molecule has 2 nitrogen and oxygen atoms in total. The molecular weight excluding hydrogens is 246 g/mol. The molecule has 1 unspecified atom stereocenters. The van der Waals surface area contributed by atoms with Gasteiger partial charge in [0.25, 0.3) is 0 Å². The van der Waals surface area contributed by atoms with Crippen LogP contribution >= 0.6 is 0 Å². The van der Waals surface area contributed by atoms with Gasteiger partial charge in [-0.25, -0.2) is 0 Å². The van der Waals surface area contributed by atoms with Crippen molar-refractivity contribution in [1.82, 2.24) is 4.90 Å². The topological polar surface area (TPSA) is 12.5 Å². The second-order valence-corrected chi connectivity index (χ2v) is 6.69. The molecule has 1 heterocycles. The Bertz CT molecular complexity index is 632. The van der Waals surface area contributed by atoms with Gasteiger partial charge < -0.3 is 9.64 Å². The number of benzene rings is 1. The molecule has 1 aromatic rings. The second kappa shape index (κ2) is 4.49. The lowest BCUT2D eigenvalue weighted by atomic mass is 9.52. The Labute approximate surface area is 127 Å². The molecule has 0 aromatic heterocycles. The molecule has 2 bridgehead atoms. The zero-order valence-corrected chi connectivity index (χ0v) is 11.9. The lowest BCUT2D eigenvalue weighted by Gasteiger charge is -2.58. The van der Waals surface area contributed by atoms with E-state index in [1.165, 1.54) is 24.0 Å². The first-order chi connectivity index (χ1) is 11.5. The Morgan fingerprint density at radius 2 is 2.35 bits per heavy atom. The number of nitrogens with zero attached hydrogens (tertiary/aromatic N) is 1. The van der Waals surface area contributed by atoms with Crippen molar-refractivity contribution in [3.8, 4) is 5.75 Å². The average molecular weight is 275 g/mol. The summed E-state index contributed by atoms with van der Waals surface area (Å²) in [5, 5.41) is 0. The maximum Gasteiger partial charge on any atom is 0.119 e. The summed E-state index contributed by atoms with van der Waals surface area (Å²) in [6.07, 6.45) is 6.45. The zero-order valence-electron chi connectivity index (χ0n) is 15.9. The van der Waals surface area contributed by atoms with E-state index in [-0.39, 0.29) is 18.5 Å². The van der Waals surface area contributed by atoms with Crippen LogP contribution in [0.3, 0.4) is 0 Å². The molecule has 108 valence electrons. The number of rotatable bonds is 1. The Morgan fingerprint density at radius 1 is 1.35 bits per heavy atom. The van der Waals surface area contributed by atoms with Crippen molar-refractivity contribution < 1.29 is 10.2 Å². The molecule has 3 atom stereocenters. The molecule has 1 saturated carbocycles. The van der Waals surface area contributed by atoms with Crippen LogP contribution in [-0.4, -0.2) is 31.5 Å². The Kier molecular flexibility index (Phi) is 2.04. The van der Waals surface area contributed by atoms with Gasteiger partial charge in [-0.15, -0.1) is 0 Å². The summed E-state index contributed by atoms with van der Waals surface area (Å²) in [5.74, 6) is 1.21. The third-order valence-electron chi connectivity index (χ3n) is 5.97. The van der Waals surface area contributed by atoms with Gasteiger partial charge in [-0.1, -0.05) is 18.9 Å². The molecule has 0 N–H and O–H groups in total. The summed E-state index contributed by atoms with van der Waals surface area (Å²) in [5.41, 5.74) is 2.77. The van der Waals surface area contributed by atoms with Gasteiger partial charge in [0.1, 0.15) is 5.75 Å². The van der Waals surface area contributed by atoms with Crippen molar-refractivity contribution in [3.05, 3.63) is 29.3 Å². The number of piperidine rings is 1. The monoisotopic (exact) mass is 275 g/mol. The fourth-order valence-corrected chi connectivity index (χ4v) is 5.07. The van der Waals surface area contributed by atoms with Crippen LogP contribution in [0.2, 0.25) is 0 Å². The summed E-state index contributed by atoms with van der Waals surface area (Å²) in [6.45, 7) is -1.35. The SMILES string of the molecule is [2H]COc1ccc2c(c1)[C@]13CCCCC1[C@H](C2)N(C([2H])([2H])[2H])CC3. The molecule has 20 heavy (non-hydrogen) atoms. The van der Waals surface area contributed by atoms with Crippen molar-refractivity contribution >= 4 is 0 Å². The smallest absolute Gasteiger partial charge is 0.119 e. The zero-order chi connectivity index (χ0) is 16.9. The Morgan fingerprint density at radius 3 is 3.25 bits per heavy atom. The number of fused-ring (bicyclic) bond motifs is 1. The predicted molar refractivity (Wildman–Crippen MR) is 81.4 cm³/mol. The van der Waals surface area contributed by atoms with Crippen LogP contribution in [-0.2, 0) is 11.8 Å². The lowest BCUT2D eigenvalue weighted by molar-refractivity contribution is 0.00274. The highest BCUT2D eigenvalue weighted by Gasteiger charge is 2.53. The molecular formula is C18H25NO. The first-order valence-electron chi connectivity index (χ1n) is 9.99. The van der Waals surface area contributed by atoms with Crippen molar-refractivity contribution in [1.29, 1.82) is 0 Å². The number of likely N-dealkylation sites (tertiary alicyclic amines) is 1. The van der Waals surface area contributed by atoms with E-state index >= 15 is 0 Å². The summed E-state index contributed by atoms with van der Waals surface area (Å²) >= 11 is 0. The van der Waals surface area contributed by atoms with Crippen molar-refractivity contribution in [2.24, 2.45) is 5.92 Å². The second-order valence-electron chi connectivity index (χ2n) is 6.69. The van der Waals surface area contributed by atoms with E-state index in [1.54, 1.807) is 4.90 Å². The van der Waals surface area contributed by atoms with Gasteiger partial charge in [-0.05, 0) is 68.4 Å². The highest BCUT2D eigenvalue weighted by molar-refractivity contribution is 5.45. The van der Waals surface area contributed by atoms with Crippen molar-refractivity contribution in [2.45, 2.75) is 50.0 Å². The molecule has 0 radical (unpaired) electrons. The minimum absolute atomic E-state index is 0.0648. The van der Waals surface area contributed by atoms with E-state index in [0.717, 1.165) is 31.4 Å². The van der Waals surface area contributed by atoms with Gasteiger partial charge in [-0.3, -0.25) is 0 Å². The molecule has 4 rings (SSSR count). The van der Waals surface area contributed by atoms with E-state index < -0.39 is 6.98 Å². The van der Waals surface area contributed by atoms with Crippen LogP contribution in [0, 0.1) is 5.92 Å². The molecule has 2 aliphatic carbocycles. The third-order valence-corrected chi connectivity index (χ3v) is 5.97. The molecule has 3 aliphatic rings. The van der Waals surface area contributed by atoms with Crippen LogP contribution in [0.25, 0.3) is 0 Å². The van der Waals surface area contributed by atoms with E-state index in [2.05, 4.69) is 12.1 Å². The highest BCUT2D eigenvalue weighted by Crippen LogP contribution is 2.55. The molecule has 1 aliphatic heterocycles. The van der Waals surface area contributed by atoms with Crippen molar-refractivity contribution in [3.63, 3.8) is 0 Å². The fraction of sp³-hybridized carbons (Fsp3) is 0.667. The molecule has 0 amide bonds. The number of hydrogen-bond donors (Lipinski definition) is 0. The maximum atomic E-state index is 7.95. The summed E-state index contributed by atoms with van der Waals surface area (Å²) in [4.78, 5) is 1.79. The Hall–Kier alpha value is -1.02. The number of methoxy groups -OCH3 is 1. The minimum atomic E-state index is -2.00. The molecule has 2 fully saturated rings. The first-order valence-corrected chi connectivity index (χ1v) is 7.78. The Balaban J connectivity index is 1.80.